The molecule has 2 heterocycles. The molecule has 0 bridgehead atoms. The van der Waals surface area contributed by atoms with Crippen LogP contribution in [0.2, 0.25) is 0 Å². The van der Waals surface area contributed by atoms with E-state index in [1.807, 2.05) is 36.4 Å². The molecule has 3 atom stereocenters. The number of fused-ring (bicyclic) bond motifs is 2. The third-order valence-corrected chi connectivity index (χ3v) is 7.38. The molecule has 0 saturated carbocycles. The Hall–Kier alpha value is -3.35. The van der Waals surface area contributed by atoms with Crippen LogP contribution < -0.4 is 15.5 Å². The number of benzene rings is 2. The van der Waals surface area contributed by atoms with Gasteiger partial charge in [0.25, 0.3) is 5.91 Å². The van der Waals surface area contributed by atoms with Gasteiger partial charge in [0.2, 0.25) is 6.17 Å². The van der Waals surface area contributed by atoms with Gasteiger partial charge in [-0.15, -0.1) is 0 Å². The van der Waals surface area contributed by atoms with Crippen molar-refractivity contribution in [2.45, 2.75) is 70.6 Å². The topological polar surface area (TPSA) is 77.0 Å². The quantitative estimate of drug-likeness (QED) is 0.703. The van der Waals surface area contributed by atoms with E-state index in [0.29, 0.717) is 12.1 Å². The summed E-state index contributed by atoms with van der Waals surface area (Å²) in [5.41, 5.74) is 5.09. The van der Waals surface area contributed by atoms with Crippen molar-refractivity contribution >= 4 is 29.1 Å². The number of para-hydroxylation sites is 1. The lowest BCUT2D eigenvalue weighted by Gasteiger charge is -2.41. The lowest BCUT2D eigenvalue weighted by Crippen LogP contribution is -2.50. The van der Waals surface area contributed by atoms with Gasteiger partial charge in [0.1, 0.15) is 5.84 Å². The number of anilines is 2. The number of aryl methyl sites for hydroxylation is 2. The van der Waals surface area contributed by atoms with Crippen LogP contribution in [0.3, 0.4) is 0 Å². The van der Waals surface area contributed by atoms with Gasteiger partial charge in [0, 0.05) is 30.4 Å². The van der Waals surface area contributed by atoms with Gasteiger partial charge in [0.15, 0.2) is 0 Å². The van der Waals surface area contributed by atoms with Crippen LogP contribution in [0.4, 0.5) is 16.2 Å². The maximum absolute atomic E-state index is 13.4. The maximum Gasteiger partial charge on any atom is 0.321 e. The number of urea groups is 1. The van der Waals surface area contributed by atoms with Crippen LogP contribution in [0, 0.1) is 0 Å². The Morgan fingerprint density at radius 1 is 1.00 bits per heavy atom. The maximum atomic E-state index is 13.4. The molecule has 0 aromatic heterocycles. The van der Waals surface area contributed by atoms with Gasteiger partial charge in [0.05, 0.1) is 5.69 Å². The summed E-state index contributed by atoms with van der Waals surface area (Å²) in [6.45, 7) is 4.42. The molecule has 2 N–H and O–H groups in total. The lowest BCUT2D eigenvalue weighted by molar-refractivity contribution is -0.119. The number of piperidine rings is 1. The number of nitrogens with zero attached hydrogens (tertiary/aromatic N) is 3. The molecule has 7 heteroatoms. The molecule has 2 aliphatic heterocycles. The van der Waals surface area contributed by atoms with Crippen molar-refractivity contribution in [3.63, 3.8) is 0 Å². The first kappa shape index (κ1) is 22.4. The number of carbonyl (C=O) groups is 2. The Morgan fingerprint density at radius 3 is 2.53 bits per heavy atom. The molecule has 3 unspecified atom stereocenters. The van der Waals surface area contributed by atoms with E-state index in [1.165, 1.54) is 17.5 Å². The second kappa shape index (κ2) is 9.12. The SMILES string of the molecule is CC1CCCC(C)N1C1=NC(NC(=O)Nc2ccc3c(c2)CCC3)C(=O)N(C)c2ccccc21. The summed E-state index contributed by atoms with van der Waals surface area (Å²) in [4.78, 5) is 35.2. The van der Waals surface area contributed by atoms with E-state index >= 15 is 0 Å². The summed E-state index contributed by atoms with van der Waals surface area (Å²) in [5.74, 6) is 0.514. The molecular formula is C27H33N5O2. The first-order valence-corrected chi connectivity index (χ1v) is 12.3. The molecule has 0 spiro atoms. The molecule has 0 radical (unpaired) electrons. The zero-order valence-corrected chi connectivity index (χ0v) is 20.2. The van der Waals surface area contributed by atoms with Crippen molar-refractivity contribution in [2.75, 3.05) is 17.3 Å². The van der Waals surface area contributed by atoms with Crippen LogP contribution in [-0.2, 0) is 17.6 Å². The van der Waals surface area contributed by atoms with Gasteiger partial charge < -0.3 is 20.4 Å². The molecule has 178 valence electrons. The Bertz CT molecular complexity index is 1130. The molecule has 1 saturated heterocycles. The van der Waals surface area contributed by atoms with Crippen LogP contribution in [0.25, 0.3) is 0 Å². The number of carbonyl (C=O) groups excluding carboxylic acids is 2. The average molecular weight is 460 g/mol. The fourth-order valence-corrected chi connectivity index (χ4v) is 5.58. The molecule has 3 amide bonds. The highest BCUT2D eigenvalue weighted by Crippen LogP contribution is 2.31. The zero-order chi connectivity index (χ0) is 23.8. The smallest absolute Gasteiger partial charge is 0.321 e. The highest BCUT2D eigenvalue weighted by Gasteiger charge is 2.36. The fraction of sp³-hybridized carbons (Fsp3) is 0.444. The van der Waals surface area contributed by atoms with Gasteiger partial charge in [-0.1, -0.05) is 18.2 Å². The predicted molar refractivity (Wildman–Crippen MR) is 135 cm³/mol. The fourth-order valence-electron chi connectivity index (χ4n) is 5.58. The number of likely N-dealkylation sites (N-methyl/N-ethyl adjacent to an activating group) is 1. The third kappa shape index (κ3) is 4.15. The monoisotopic (exact) mass is 459 g/mol. The molecule has 7 nitrogen and oxygen atoms in total. The molecule has 1 fully saturated rings. The molecule has 2 aromatic carbocycles. The third-order valence-electron chi connectivity index (χ3n) is 7.38. The van der Waals surface area contributed by atoms with Crippen molar-refractivity contribution in [2.24, 2.45) is 4.99 Å². The zero-order valence-electron chi connectivity index (χ0n) is 20.2. The minimum atomic E-state index is -1.01. The minimum Gasteiger partial charge on any atom is -0.351 e. The van der Waals surface area contributed by atoms with E-state index in [1.54, 1.807) is 11.9 Å². The van der Waals surface area contributed by atoms with E-state index in [9.17, 15) is 9.59 Å². The normalized spacial score (nSPS) is 24.1. The number of rotatable bonds is 2. The second-order valence-corrected chi connectivity index (χ2v) is 9.74. The molecule has 2 aromatic rings. The molecule has 5 rings (SSSR count). The first-order chi connectivity index (χ1) is 16.4. The Balaban J connectivity index is 1.45. The van der Waals surface area contributed by atoms with Gasteiger partial charge >= 0.3 is 6.03 Å². The number of aliphatic imine (C=N–C) groups is 1. The summed E-state index contributed by atoms with van der Waals surface area (Å²) in [7, 11) is 1.75. The summed E-state index contributed by atoms with van der Waals surface area (Å²) < 4.78 is 0. The van der Waals surface area contributed by atoms with E-state index in [-0.39, 0.29) is 5.91 Å². The molecule has 3 aliphatic rings. The largest absolute Gasteiger partial charge is 0.351 e. The Labute approximate surface area is 201 Å². The number of benzodiazepines with no additional fused rings is 1. The standard InChI is InChI=1S/C27H33N5O2/c1-17-8-6-9-18(2)32(17)25-22-12-4-5-13-23(22)31(3)26(33)24(29-25)30-27(34)28-21-15-14-19-10-7-11-20(19)16-21/h4-5,12-18,24H,6-11H2,1-3H3,(H2,28,30,34). The van der Waals surface area contributed by atoms with Crippen molar-refractivity contribution in [1.29, 1.82) is 0 Å². The van der Waals surface area contributed by atoms with E-state index in [4.69, 9.17) is 4.99 Å². The van der Waals surface area contributed by atoms with Crippen LogP contribution in [-0.4, -0.2) is 48.0 Å². The number of amides is 3. The number of amidine groups is 1. The van der Waals surface area contributed by atoms with Crippen LogP contribution >= 0.6 is 0 Å². The molecular weight excluding hydrogens is 426 g/mol. The lowest BCUT2D eigenvalue weighted by atomic mass is 9.95. The summed E-state index contributed by atoms with van der Waals surface area (Å²) in [6.07, 6.45) is 5.60. The summed E-state index contributed by atoms with van der Waals surface area (Å²) in [6, 6.07) is 14.1. The van der Waals surface area contributed by atoms with Crippen LogP contribution in [0.5, 0.6) is 0 Å². The highest BCUT2D eigenvalue weighted by molar-refractivity contribution is 6.12. The predicted octanol–water partition coefficient (Wildman–Crippen LogP) is 4.31. The average Bonchev–Trinajstić information content (AvgIpc) is 3.26. The van der Waals surface area contributed by atoms with Crippen molar-refractivity contribution in [1.82, 2.24) is 10.2 Å². The van der Waals surface area contributed by atoms with Crippen molar-refractivity contribution in [3.8, 4) is 0 Å². The Morgan fingerprint density at radius 2 is 1.74 bits per heavy atom. The van der Waals surface area contributed by atoms with E-state index in [2.05, 4.69) is 35.4 Å². The molecule has 1 aliphatic carbocycles. The number of hydrogen-bond acceptors (Lipinski definition) is 4. The number of nitrogens with one attached hydrogen (secondary N) is 2. The van der Waals surface area contributed by atoms with E-state index < -0.39 is 12.2 Å². The number of hydrogen-bond donors (Lipinski definition) is 2. The van der Waals surface area contributed by atoms with Crippen LogP contribution in [0.1, 0.15) is 56.2 Å². The van der Waals surface area contributed by atoms with Gasteiger partial charge in [-0.25, -0.2) is 9.79 Å². The second-order valence-electron chi connectivity index (χ2n) is 9.74. The van der Waals surface area contributed by atoms with Crippen molar-refractivity contribution in [3.05, 3.63) is 59.2 Å². The first-order valence-electron chi connectivity index (χ1n) is 12.3. The molecule has 34 heavy (non-hydrogen) atoms. The summed E-state index contributed by atoms with van der Waals surface area (Å²) in [5, 5.41) is 5.74. The Kier molecular flexibility index (Phi) is 6.02. The number of likely N-dealkylation sites (tertiary alicyclic amines) is 1. The highest BCUT2D eigenvalue weighted by atomic mass is 16.2. The summed E-state index contributed by atoms with van der Waals surface area (Å²) >= 11 is 0. The van der Waals surface area contributed by atoms with Gasteiger partial charge in [-0.3, -0.25) is 4.79 Å². The van der Waals surface area contributed by atoms with Gasteiger partial charge in [-0.2, -0.15) is 0 Å². The minimum absolute atomic E-state index is 0.260. The van der Waals surface area contributed by atoms with Crippen molar-refractivity contribution < 1.29 is 9.59 Å². The van der Waals surface area contributed by atoms with Gasteiger partial charge in [-0.05, 0) is 87.8 Å². The van der Waals surface area contributed by atoms with E-state index in [0.717, 1.165) is 54.9 Å². The van der Waals surface area contributed by atoms with Crippen LogP contribution in [0.15, 0.2) is 47.5 Å².